The van der Waals surface area contributed by atoms with Crippen LogP contribution < -0.4 is 5.32 Å². The molecule has 2 rings (SSSR count). The summed E-state index contributed by atoms with van der Waals surface area (Å²) in [4.78, 5) is 8.72. The second-order valence-electron chi connectivity index (χ2n) is 4.40. The lowest BCUT2D eigenvalue weighted by molar-refractivity contribution is -0.105. The van der Waals surface area contributed by atoms with Crippen molar-refractivity contribution in [3.63, 3.8) is 0 Å². The third-order valence-corrected chi connectivity index (χ3v) is 3.82. The zero-order chi connectivity index (χ0) is 15.3. The van der Waals surface area contributed by atoms with Gasteiger partial charge < -0.3 is 5.32 Å². The first kappa shape index (κ1) is 15.6. The molecule has 1 unspecified atom stereocenters. The van der Waals surface area contributed by atoms with Crippen LogP contribution in [0.15, 0.2) is 47.8 Å². The predicted molar refractivity (Wildman–Crippen MR) is 77.3 cm³/mol. The molecule has 0 spiro atoms. The van der Waals surface area contributed by atoms with Gasteiger partial charge in [0.2, 0.25) is 0 Å². The highest BCUT2D eigenvalue weighted by atomic mass is 32.2. The molecule has 0 aliphatic heterocycles. The molecule has 1 aromatic carbocycles. The first-order chi connectivity index (χ1) is 9.96. The molecule has 21 heavy (non-hydrogen) atoms. The van der Waals surface area contributed by atoms with Crippen LogP contribution in [0.5, 0.6) is 0 Å². The molecule has 3 nitrogen and oxygen atoms in total. The highest BCUT2D eigenvalue weighted by Gasteiger charge is 2.27. The van der Waals surface area contributed by atoms with Crippen molar-refractivity contribution in [3.8, 4) is 0 Å². The minimum Gasteiger partial charge on any atom is -0.376 e. The van der Waals surface area contributed by atoms with Gasteiger partial charge in [-0.2, -0.15) is 13.2 Å². The van der Waals surface area contributed by atoms with Crippen molar-refractivity contribution in [1.82, 2.24) is 9.97 Å². The molecule has 0 aliphatic rings. The van der Waals surface area contributed by atoms with Gasteiger partial charge in [-0.15, -0.1) is 11.8 Å². The van der Waals surface area contributed by atoms with E-state index in [-0.39, 0.29) is 6.04 Å². The zero-order valence-electron chi connectivity index (χ0n) is 11.3. The molecule has 0 radical (unpaired) electrons. The second-order valence-corrected chi connectivity index (χ2v) is 5.41. The maximum absolute atomic E-state index is 12.3. The molecule has 0 saturated carbocycles. The largest absolute Gasteiger partial charge is 0.398 e. The average Bonchev–Trinajstić information content (AvgIpc) is 2.46. The van der Waals surface area contributed by atoms with Gasteiger partial charge in [0.1, 0.15) is 0 Å². The van der Waals surface area contributed by atoms with E-state index in [2.05, 4.69) is 15.3 Å². The van der Waals surface area contributed by atoms with Crippen molar-refractivity contribution in [2.75, 3.05) is 11.1 Å². The first-order valence-electron chi connectivity index (χ1n) is 6.27. The monoisotopic (exact) mass is 313 g/mol. The van der Waals surface area contributed by atoms with Crippen LogP contribution in [-0.2, 0) is 0 Å². The van der Waals surface area contributed by atoms with Crippen LogP contribution in [0.3, 0.4) is 0 Å². The lowest BCUT2D eigenvalue weighted by Gasteiger charge is -2.17. The minimum absolute atomic E-state index is 0.147. The van der Waals surface area contributed by atoms with Crippen molar-refractivity contribution >= 4 is 17.4 Å². The smallest absolute Gasteiger partial charge is 0.376 e. The number of thioether (sulfide) groups is 1. The molecule has 0 saturated heterocycles. The van der Waals surface area contributed by atoms with Gasteiger partial charge >= 0.3 is 6.18 Å². The Kier molecular flexibility index (Phi) is 5.06. The van der Waals surface area contributed by atoms with E-state index < -0.39 is 11.9 Å². The summed E-state index contributed by atoms with van der Waals surface area (Å²) in [5, 5.41) is 3.17. The number of benzene rings is 1. The Morgan fingerprint density at radius 3 is 2.67 bits per heavy atom. The van der Waals surface area contributed by atoms with Crippen LogP contribution in [0.4, 0.5) is 18.9 Å². The van der Waals surface area contributed by atoms with Gasteiger partial charge in [-0.3, -0.25) is 9.97 Å². The van der Waals surface area contributed by atoms with Crippen LogP contribution in [0, 0.1) is 0 Å². The van der Waals surface area contributed by atoms with Gasteiger partial charge in [-0.1, -0.05) is 12.1 Å². The number of hydrogen-bond acceptors (Lipinski definition) is 4. The quantitative estimate of drug-likeness (QED) is 0.835. The van der Waals surface area contributed by atoms with Gasteiger partial charge in [0, 0.05) is 23.0 Å². The Hall–Kier alpha value is -1.76. The standard InChI is InChI=1S/C14H14F3N3S/c1-10(12-8-18-6-7-19-12)20-11-4-2-3-5-13(11)21-9-14(15,16)17/h2-8,10,20H,9H2,1H3. The first-order valence-corrected chi connectivity index (χ1v) is 7.25. The number of nitrogens with one attached hydrogen (secondary N) is 1. The molecule has 1 heterocycles. The Morgan fingerprint density at radius 2 is 2.00 bits per heavy atom. The molecule has 0 aliphatic carbocycles. The maximum atomic E-state index is 12.3. The Labute approximate surface area is 125 Å². The molecule has 112 valence electrons. The molecule has 0 amide bonds. The number of halogens is 3. The van der Waals surface area contributed by atoms with E-state index in [1.165, 1.54) is 0 Å². The van der Waals surface area contributed by atoms with E-state index in [4.69, 9.17) is 0 Å². The molecule has 0 fully saturated rings. The fourth-order valence-corrected chi connectivity index (χ4v) is 2.49. The number of para-hydroxylation sites is 1. The Morgan fingerprint density at radius 1 is 1.24 bits per heavy atom. The van der Waals surface area contributed by atoms with Crippen LogP contribution in [0.25, 0.3) is 0 Å². The van der Waals surface area contributed by atoms with Crippen LogP contribution in [0.2, 0.25) is 0 Å². The third kappa shape index (κ3) is 4.93. The van der Waals surface area contributed by atoms with E-state index in [9.17, 15) is 13.2 Å². The van der Waals surface area contributed by atoms with E-state index in [1.54, 1.807) is 42.9 Å². The van der Waals surface area contributed by atoms with Crippen molar-refractivity contribution in [1.29, 1.82) is 0 Å². The average molecular weight is 313 g/mol. The zero-order valence-corrected chi connectivity index (χ0v) is 12.1. The van der Waals surface area contributed by atoms with Gasteiger partial charge in [-0.05, 0) is 19.1 Å². The summed E-state index contributed by atoms with van der Waals surface area (Å²) in [6, 6.07) is 6.78. The summed E-state index contributed by atoms with van der Waals surface area (Å²) in [5.74, 6) is -0.911. The lowest BCUT2D eigenvalue weighted by Crippen LogP contribution is -2.12. The number of rotatable bonds is 5. The van der Waals surface area contributed by atoms with Crippen molar-refractivity contribution in [3.05, 3.63) is 48.5 Å². The van der Waals surface area contributed by atoms with Gasteiger partial charge in [-0.25, -0.2) is 0 Å². The molecule has 2 aromatic rings. The van der Waals surface area contributed by atoms with Crippen LogP contribution in [-0.4, -0.2) is 21.9 Å². The molecule has 0 bridgehead atoms. The lowest BCUT2D eigenvalue weighted by atomic mass is 10.2. The third-order valence-electron chi connectivity index (χ3n) is 2.68. The number of hydrogen-bond donors (Lipinski definition) is 1. The molecular weight excluding hydrogens is 299 g/mol. The van der Waals surface area contributed by atoms with Gasteiger partial charge in [0.25, 0.3) is 0 Å². The van der Waals surface area contributed by atoms with Crippen LogP contribution >= 0.6 is 11.8 Å². The van der Waals surface area contributed by atoms with Crippen molar-refractivity contribution in [2.24, 2.45) is 0 Å². The summed E-state index contributed by atoms with van der Waals surface area (Å²) >= 11 is 0.768. The summed E-state index contributed by atoms with van der Waals surface area (Å²) in [6.07, 6.45) is 0.596. The highest BCUT2D eigenvalue weighted by Crippen LogP contribution is 2.33. The SMILES string of the molecule is CC(Nc1ccccc1SCC(F)(F)F)c1cnccn1. The molecular formula is C14H14F3N3S. The summed E-state index contributed by atoms with van der Waals surface area (Å²) in [5.41, 5.74) is 1.39. The van der Waals surface area contributed by atoms with Gasteiger partial charge in [0.15, 0.2) is 0 Å². The molecule has 7 heteroatoms. The van der Waals surface area contributed by atoms with Crippen LogP contribution in [0.1, 0.15) is 18.7 Å². The van der Waals surface area contributed by atoms with Gasteiger partial charge in [0.05, 0.1) is 23.7 Å². The fraction of sp³-hybridized carbons (Fsp3) is 0.286. The van der Waals surface area contributed by atoms with E-state index in [1.807, 2.05) is 6.92 Å². The Balaban J connectivity index is 2.09. The maximum Gasteiger partial charge on any atom is 0.398 e. The molecule has 1 N–H and O–H groups in total. The summed E-state index contributed by atoms with van der Waals surface area (Å²) in [6.45, 7) is 1.88. The highest BCUT2D eigenvalue weighted by molar-refractivity contribution is 7.99. The number of aromatic nitrogens is 2. The number of alkyl halides is 3. The summed E-state index contributed by atoms with van der Waals surface area (Å²) in [7, 11) is 0. The predicted octanol–water partition coefficient (Wildman–Crippen LogP) is 4.30. The number of anilines is 1. The second kappa shape index (κ2) is 6.80. The van der Waals surface area contributed by atoms with Crippen molar-refractivity contribution in [2.45, 2.75) is 24.0 Å². The topological polar surface area (TPSA) is 37.8 Å². The number of nitrogens with zero attached hydrogens (tertiary/aromatic N) is 2. The van der Waals surface area contributed by atoms with E-state index in [0.29, 0.717) is 10.6 Å². The fourth-order valence-electron chi connectivity index (χ4n) is 1.71. The summed E-state index contributed by atoms with van der Waals surface area (Å²) < 4.78 is 37.0. The normalized spacial score (nSPS) is 13.0. The minimum atomic E-state index is -4.19. The van der Waals surface area contributed by atoms with Crippen molar-refractivity contribution < 1.29 is 13.2 Å². The van der Waals surface area contributed by atoms with E-state index >= 15 is 0 Å². The molecule has 1 aromatic heterocycles. The molecule has 1 atom stereocenters. The Bertz CT molecular complexity index is 575. The van der Waals surface area contributed by atoms with E-state index in [0.717, 1.165) is 17.5 Å².